The summed E-state index contributed by atoms with van der Waals surface area (Å²) in [5.41, 5.74) is 5.04. The van der Waals surface area contributed by atoms with Crippen LogP contribution in [0.15, 0.2) is 66.7 Å². The molecule has 1 aromatic heterocycles. The van der Waals surface area contributed by atoms with E-state index in [0.29, 0.717) is 18.8 Å². The Morgan fingerprint density at radius 2 is 1.66 bits per heavy atom. The molecule has 1 N–H and O–H groups in total. The summed E-state index contributed by atoms with van der Waals surface area (Å²) in [4.78, 5) is 31.9. The van der Waals surface area contributed by atoms with Crippen LogP contribution in [0.4, 0.5) is 15.3 Å². The number of amides is 2. The number of nitrogens with zero attached hydrogens (tertiary/aromatic N) is 3. The van der Waals surface area contributed by atoms with E-state index in [9.17, 15) is 9.59 Å². The molecular weight excluding hydrogens is 552 g/mol. The number of unbranched alkanes of at least 4 members (excludes halogenated alkanes) is 3. The van der Waals surface area contributed by atoms with Gasteiger partial charge >= 0.3 is 12.2 Å². The number of nitrogens with one attached hydrogen (secondary N) is 1. The average Bonchev–Trinajstić information content (AvgIpc) is 3.33. The molecule has 8 nitrogen and oxygen atoms in total. The Labute approximate surface area is 261 Å². The minimum absolute atomic E-state index is 0.107. The van der Waals surface area contributed by atoms with E-state index >= 15 is 0 Å². The van der Waals surface area contributed by atoms with Gasteiger partial charge in [-0.3, -0.25) is 4.90 Å². The van der Waals surface area contributed by atoms with Gasteiger partial charge in [0.2, 0.25) is 0 Å². The highest BCUT2D eigenvalue weighted by Gasteiger charge is 2.20. The van der Waals surface area contributed by atoms with Gasteiger partial charge in [-0.25, -0.2) is 14.6 Å². The van der Waals surface area contributed by atoms with Crippen molar-refractivity contribution in [3.05, 3.63) is 78.1 Å². The van der Waals surface area contributed by atoms with Gasteiger partial charge in [0.1, 0.15) is 17.2 Å². The standard InChI is InChI=1S/C36H46N4O4/c1-7-9-13-23-39(34(41)37-6)28-21-22-31-30(24-28)38-33(16-10-8-2)40(31)25-26-17-19-27(20-18-26)29-14-11-12-15-32(29)43-35(42)44-36(3,4)5/h11-12,14-15,17-22,24H,7-10,13,16,23,25H2,1-6H3,(H,37,41). The zero-order valence-electron chi connectivity index (χ0n) is 27.0. The number of imidazole rings is 1. The van der Waals surface area contributed by atoms with E-state index in [1.807, 2.05) is 68.1 Å². The van der Waals surface area contributed by atoms with E-state index < -0.39 is 11.8 Å². The van der Waals surface area contributed by atoms with Crippen LogP contribution in [0.1, 0.15) is 78.1 Å². The quantitative estimate of drug-likeness (QED) is 0.100. The predicted octanol–water partition coefficient (Wildman–Crippen LogP) is 8.74. The number of carbonyl (C=O) groups is 2. The number of fused-ring (bicyclic) bond motifs is 1. The largest absolute Gasteiger partial charge is 0.514 e. The van der Waals surface area contributed by atoms with Crippen molar-refractivity contribution in [2.75, 3.05) is 18.5 Å². The summed E-state index contributed by atoms with van der Waals surface area (Å²) in [6.07, 6.45) is 5.40. The third-order valence-electron chi connectivity index (χ3n) is 7.40. The second kappa shape index (κ2) is 14.9. The fourth-order valence-corrected chi connectivity index (χ4v) is 5.17. The van der Waals surface area contributed by atoms with E-state index in [1.54, 1.807) is 13.1 Å². The van der Waals surface area contributed by atoms with Crippen LogP contribution < -0.4 is 15.0 Å². The van der Waals surface area contributed by atoms with Crippen LogP contribution in [0, 0.1) is 0 Å². The van der Waals surface area contributed by atoms with Crippen LogP contribution in [-0.2, 0) is 17.7 Å². The second-order valence-corrected chi connectivity index (χ2v) is 12.1. The van der Waals surface area contributed by atoms with E-state index in [0.717, 1.165) is 77.8 Å². The molecule has 0 saturated heterocycles. The summed E-state index contributed by atoms with van der Waals surface area (Å²) in [6.45, 7) is 11.1. The van der Waals surface area contributed by atoms with Gasteiger partial charge in [0.15, 0.2) is 0 Å². The van der Waals surface area contributed by atoms with Crippen LogP contribution >= 0.6 is 0 Å². The molecule has 0 saturated carbocycles. The number of hydrogen-bond donors (Lipinski definition) is 1. The Morgan fingerprint density at radius 3 is 2.34 bits per heavy atom. The number of carbonyl (C=O) groups excluding carboxylic acids is 2. The first-order valence-electron chi connectivity index (χ1n) is 15.7. The molecule has 0 spiro atoms. The van der Waals surface area contributed by atoms with Crippen molar-refractivity contribution in [2.45, 2.75) is 85.3 Å². The molecule has 4 rings (SSSR count). The number of rotatable bonds is 12. The van der Waals surface area contributed by atoms with Crippen LogP contribution in [0.2, 0.25) is 0 Å². The van der Waals surface area contributed by atoms with Crippen molar-refractivity contribution in [1.82, 2.24) is 14.9 Å². The SMILES string of the molecule is CCCCCN(C(=O)NC)c1ccc2c(c1)nc(CCCC)n2Cc1ccc(-c2ccccc2OC(=O)OC(C)(C)C)cc1. The van der Waals surface area contributed by atoms with Crippen molar-refractivity contribution < 1.29 is 19.1 Å². The topological polar surface area (TPSA) is 85.7 Å². The molecule has 2 amide bonds. The minimum Gasteiger partial charge on any atom is -0.428 e. The number of urea groups is 1. The van der Waals surface area contributed by atoms with E-state index in [2.05, 4.69) is 41.9 Å². The minimum atomic E-state index is -0.726. The number of benzene rings is 3. The molecular formula is C36H46N4O4. The monoisotopic (exact) mass is 598 g/mol. The molecule has 44 heavy (non-hydrogen) atoms. The molecule has 234 valence electrons. The fourth-order valence-electron chi connectivity index (χ4n) is 5.17. The normalized spacial score (nSPS) is 11.4. The molecule has 3 aromatic carbocycles. The molecule has 0 aliphatic carbocycles. The summed E-state index contributed by atoms with van der Waals surface area (Å²) >= 11 is 0. The molecule has 1 heterocycles. The summed E-state index contributed by atoms with van der Waals surface area (Å²) < 4.78 is 13.2. The molecule has 0 aliphatic heterocycles. The van der Waals surface area contributed by atoms with Crippen LogP contribution in [0.25, 0.3) is 22.2 Å². The highest BCUT2D eigenvalue weighted by atomic mass is 16.7. The lowest BCUT2D eigenvalue weighted by Gasteiger charge is -2.22. The number of para-hydroxylation sites is 1. The first-order valence-corrected chi connectivity index (χ1v) is 15.7. The lowest BCUT2D eigenvalue weighted by Crippen LogP contribution is -2.38. The van der Waals surface area contributed by atoms with Crippen molar-refractivity contribution in [1.29, 1.82) is 0 Å². The van der Waals surface area contributed by atoms with Crippen molar-refractivity contribution in [3.8, 4) is 16.9 Å². The maximum absolute atomic E-state index is 12.7. The molecule has 0 aliphatic rings. The molecule has 0 unspecified atom stereocenters. The van der Waals surface area contributed by atoms with Crippen LogP contribution in [0.5, 0.6) is 5.75 Å². The average molecular weight is 599 g/mol. The zero-order valence-corrected chi connectivity index (χ0v) is 27.0. The molecule has 0 atom stereocenters. The van der Waals surface area contributed by atoms with Gasteiger partial charge in [0.05, 0.1) is 11.0 Å². The smallest absolute Gasteiger partial charge is 0.428 e. The summed E-state index contributed by atoms with van der Waals surface area (Å²) in [6, 6.07) is 21.8. The first-order chi connectivity index (χ1) is 21.1. The molecule has 0 bridgehead atoms. The van der Waals surface area contributed by atoms with Crippen molar-refractivity contribution in [2.24, 2.45) is 0 Å². The number of aryl methyl sites for hydroxylation is 1. The number of ether oxygens (including phenoxy) is 2. The molecule has 8 heteroatoms. The fraction of sp³-hybridized carbons (Fsp3) is 0.417. The number of anilines is 1. The lowest BCUT2D eigenvalue weighted by molar-refractivity contribution is 0.0207. The Bertz CT molecular complexity index is 1550. The molecule has 0 radical (unpaired) electrons. The van der Waals surface area contributed by atoms with Gasteiger partial charge in [-0.15, -0.1) is 0 Å². The highest BCUT2D eigenvalue weighted by molar-refractivity contribution is 5.94. The summed E-state index contributed by atoms with van der Waals surface area (Å²) in [7, 11) is 1.67. The molecule has 4 aromatic rings. The third kappa shape index (κ3) is 8.40. The van der Waals surface area contributed by atoms with Gasteiger partial charge < -0.3 is 19.4 Å². The van der Waals surface area contributed by atoms with Gasteiger partial charge in [-0.05, 0) is 69.0 Å². The summed E-state index contributed by atoms with van der Waals surface area (Å²) in [5.74, 6) is 1.49. The zero-order chi connectivity index (χ0) is 31.7. The van der Waals surface area contributed by atoms with Crippen LogP contribution in [-0.4, -0.2) is 40.9 Å². The predicted molar refractivity (Wildman–Crippen MR) is 178 cm³/mol. The van der Waals surface area contributed by atoms with Gasteiger partial charge in [-0.1, -0.05) is 75.6 Å². The van der Waals surface area contributed by atoms with E-state index in [1.165, 1.54) is 0 Å². The second-order valence-electron chi connectivity index (χ2n) is 12.1. The Balaban J connectivity index is 1.60. The third-order valence-corrected chi connectivity index (χ3v) is 7.40. The van der Waals surface area contributed by atoms with E-state index in [-0.39, 0.29) is 6.03 Å². The maximum Gasteiger partial charge on any atom is 0.514 e. The van der Waals surface area contributed by atoms with Gasteiger partial charge in [-0.2, -0.15) is 0 Å². The maximum atomic E-state index is 12.7. The highest BCUT2D eigenvalue weighted by Crippen LogP contribution is 2.31. The Kier molecular flexibility index (Phi) is 11.0. The van der Waals surface area contributed by atoms with E-state index in [4.69, 9.17) is 14.5 Å². The van der Waals surface area contributed by atoms with Crippen LogP contribution in [0.3, 0.4) is 0 Å². The number of aromatic nitrogens is 2. The van der Waals surface area contributed by atoms with Gasteiger partial charge in [0, 0.05) is 37.8 Å². The molecule has 0 fully saturated rings. The van der Waals surface area contributed by atoms with Crippen molar-refractivity contribution in [3.63, 3.8) is 0 Å². The van der Waals surface area contributed by atoms with Gasteiger partial charge in [0.25, 0.3) is 0 Å². The van der Waals surface area contributed by atoms with Crippen molar-refractivity contribution >= 4 is 28.9 Å². The Morgan fingerprint density at radius 1 is 0.932 bits per heavy atom. The number of hydrogen-bond acceptors (Lipinski definition) is 5. The summed E-state index contributed by atoms with van der Waals surface area (Å²) in [5, 5.41) is 2.78. The Hall–Kier alpha value is -4.33. The lowest BCUT2D eigenvalue weighted by atomic mass is 10.0. The first kappa shape index (κ1) is 32.6.